The van der Waals surface area contributed by atoms with Gasteiger partial charge >= 0.3 is 12.1 Å². The minimum atomic E-state index is -3.82. The van der Waals surface area contributed by atoms with Crippen LogP contribution < -0.4 is 10.0 Å². The number of aryl methyl sites for hydroxylation is 1. The predicted octanol–water partition coefficient (Wildman–Crippen LogP) is 1.67. The van der Waals surface area contributed by atoms with Crippen LogP contribution in [0.25, 0.3) is 0 Å². The van der Waals surface area contributed by atoms with E-state index in [0.29, 0.717) is 57.9 Å². The number of carboxylic acid groups (broad SMARTS) is 1. The fourth-order valence-electron chi connectivity index (χ4n) is 4.90. The number of carbonyl (C=O) groups excluding carboxylic acids is 3. The molecule has 14 nitrogen and oxygen atoms in total. The first-order valence-electron chi connectivity index (χ1n) is 14.5. The van der Waals surface area contributed by atoms with Crippen molar-refractivity contribution in [3.8, 4) is 0 Å². The Bertz CT molecular complexity index is 1230. The van der Waals surface area contributed by atoms with Crippen molar-refractivity contribution in [3.05, 3.63) is 17.5 Å². The summed E-state index contributed by atoms with van der Waals surface area (Å²) in [7, 11) is -3.82. The summed E-state index contributed by atoms with van der Waals surface area (Å²) in [6.07, 6.45) is 3.81. The molecule has 3 rings (SSSR count). The van der Waals surface area contributed by atoms with Crippen molar-refractivity contribution in [2.24, 2.45) is 5.92 Å². The Morgan fingerprint density at radius 2 is 1.86 bits per heavy atom. The molecule has 15 heteroatoms. The molecule has 2 aliphatic heterocycles. The highest BCUT2D eigenvalue weighted by Crippen LogP contribution is 2.24. The van der Waals surface area contributed by atoms with Crippen LogP contribution in [0.15, 0.2) is 6.07 Å². The zero-order valence-electron chi connectivity index (χ0n) is 24.9. The van der Waals surface area contributed by atoms with Gasteiger partial charge in [0.2, 0.25) is 10.0 Å². The number of ether oxygens (including phenoxy) is 1. The van der Waals surface area contributed by atoms with Gasteiger partial charge in [0.15, 0.2) is 5.69 Å². The van der Waals surface area contributed by atoms with Gasteiger partial charge in [-0.15, -0.1) is 0 Å². The fraction of sp³-hybridized carbons (Fsp3) is 0.741. The number of carbonyl (C=O) groups is 4. The van der Waals surface area contributed by atoms with Crippen molar-refractivity contribution in [1.29, 1.82) is 0 Å². The monoisotopic (exact) mass is 612 g/mol. The van der Waals surface area contributed by atoms with Crippen LogP contribution in [0.1, 0.15) is 87.2 Å². The molecule has 0 bridgehead atoms. The number of aliphatic carboxylic acids is 1. The van der Waals surface area contributed by atoms with E-state index in [2.05, 4.69) is 15.1 Å². The molecule has 0 unspecified atom stereocenters. The van der Waals surface area contributed by atoms with Gasteiger partial charge in [-0.1, -0.05) is 13.3 Å². The first-order valence-corrected chi connectivity index (χ1v) is 16.2. The van der Waals surface area contributed by atoms with Crippen LogP contribution in [-0.2, 0) is 26.1 Å². The van der Waals surface area contributed by atoms with E-state index in [1.807, 2.05) is 27.7 Å². The lowest BCUT2D eigenvalue weighted by Gasteiger charge is -2.34. The molecular weight excluding hydrogens is 568 g/mol. The highest BCUT2D eigenvalue weighted by Gasteiger charge is 2.30. The highest BCUT2D eigenvalue weighted by molar-refractivity contribution is 7.89. The van der Waals surface area contributed by atoms with Crippen LogP contribution in [-0.4, -0.2) is 107 Å². The summed E-state index contributed by atoms with van der Waals surface area (Å²) < 4.78 is 33.3. The minimum absolute atomic E-state index is 0.0484. The van der Waals surface area contributed by atoms with Crippen LogP contribution >= 0.6 is 0 Å². The van der Waals surface area contributed by atoms with E-state index in [4.69, 9.17) is 4.74 Å². The summed E-state index contributed by atoms with van der Waals surface area (Å²) in [5, 5.41) is 16.1. The Kier molecular flexibility index (Phi) is 11.4. The van der Waals surface area contributed by atoms with Crippen LogP contribution in [0, 0.1) is 5.92 Å². The second-order valence-corrected chi connectivity index (χ2v) is 13.7. The van der Waals surface area contributed by atoms with E-state index >= 15 is 0 Å². The van der Waals surface area contributed by atoms with Crippen molar-refractivity contribution in [2.75, 3.05) is 38.5 Å². The fourth-order valence-corrected chi connectivity index (χ4v) is 6.31. The number of piperidine rings is 1. The lowest BCUT2D eigenvalue weighted by atomic mass is 9.93. The number of fused-ring (bicyclic) bond motifs is 1. The van der Waals surface area contributed by atoms with Crippen molar-refractivity contribution in [2.45, 2.75) is 84.4 Å². The maximum absolute atomic E-state index is 13.3. The third-order valence-corrected chi connectivity index (χ3v) is 8.71. The number of rotatable bonds is 12. The molecule has 0 radical (unpaired) electrons. The smallest absolute Gasteiger partial charge is 0.410 e. The van der Waals surface area contributed by atoms with Gasteiger partial charge in [0.1, 0.15) is 17.3 Å². The highest BCUT2D eigenvalue weighted by atomic mass is 32.2. The molecular formula is C27H44N6O8S. The van der Waals surface area contributed by atoms with E-state index in [-0.39, 0.29) is 29.1 Å². The van der Waals surface area contributed by atoms with E-state index < -0.39 is 40.1 Å². The number of unbranched alkanes of at least 4 members (excludes halogenated alkanes) is 1. The van der Waals surface area contributed by atoms with Gasteiger partial charge < -0.3 is 25.0 Å². The van der Waals surface area contributed by atoms with Gasteiger partial charge in [-0.2, -0.15) is 9.82 Å². The number of nitrogens with zero attached hydrogens (tertiary/aromatic N) is 4. The number of sulfonamides is 1. The number of amides is 3. The van der Waals surface area contributed by atoms with Gasteiger partial charge in [-0.25, -0.2) is 13.2 Å². The average molecular weight is 613 g/mol. The molecule has 236 valence electrons. The van der Waals surface area contributed by atoms with Gasteiger partial charge in [-0.3, -0.25) is 19.1 Å². The molecule has 3 N–H and O–H groups in total. The third kappa shape index (κ3) is 9.68. The summed E-state index contributed by atoms with van der Waals surface area (Å²) in [5.74, 6) is -2.20. The SMILES string of the molecule is CCCCS(=O)(=O)N[C@@H](CNC(=O)c1cc2n(n1)CCCN(CCC1CCN(C(=O)OC(C)(C)C)CC1)C2=O)C(=O)O. The van der Waals surface area contributed by atoms with Crippen molar-refractivity contribution >= 4 is 33.9 Å². The molecule has 0 aliphatic carbocycles. The third-order valence-electron chi connectivity index (χ3n) is 7.24. The molecule has 0 aromatic carbocycles. The largest absolute Gasteiger partial charge is 0.480 e. The zero-order chi connectivity index (χ0) is 31.1. The number of nitrogens with one attached hydrogen (secondary N) is 2. The molecule has 1 aromatic heterocycles. The van der Waals surface area contributed by atoms with Crippen LogP contribution in [0.3, 0.4) is 0 Å². The van der Waals surface area contributed by atoms with Crippen LogP contribution in [0.4, 0.5) is 4.79 Å². The normalized spacial score (nSPS) is 17.4. The molecule has 1 atom stereocenters. The van der Waals surface area contributed by atoms with Crippen molar-refractivity contribution < 1.29 is 37.4 Å². The number of likely N-dealkylation sites (tertiary alicyclic amines) is 1. The number of hydrogen-bond donors (Lipinski definition) is 3. The number of aromatic nitrogens is 2. The maximum Gasteiger partial charge on any atom is 0.410 e. The lowest BCUT2D eigenvalue weighted by molar-refractivity contribution is -0.138. The zero-order valence-corrected chi connectivity index (χ0v) is 25.7. The summed E-state index contributed by atoms with van der Waals surface area (Å²) in [5.41, 5.74) is -0.316. The molecule has 1 aromatic rings. The van der Waals surface area contributed by atoms with Gasteiger partial charge in [0.25, 0.3) is 11.8 Å². The Labute approximate surface area is 247 Å². The first kappa shape index (κ1) is 33.3. The van der Waals surface area contributed by atoms with Crippen LogP contribution in [0.2, 0.25) is 0 Å². The second-order valence-electron chi connectivity index (χ2n) is 11.9. The molecule has 1 saturated heterocycles. The summed E-state index contributed by atoms with van der Waals surface area (Å²) >= 11 is 0. The van der Waals surface area contributed by atoms with Gasteiger partial charge in [0.05, 0.1) is 5.75 Å². The lowest BCUT2D eigenvalue weighted by Crippen LogP contribution is -2.49. The van der Waals surface area contributed by atoms with Crippen molar-refractivity contribution in [3.63, 3.8) is 0 Å². The standard InChI is InChI=1S/C27H44N6O8S/c1-5-6-16-42(39,40)30-21(25(36)37)18-28-23(34)20-17-22-24(35)31(11-7-12-33(22)29-20)13-8-19-9-14-32(15-10-19)26(38)41-27(2,3)4/h17,19,21,30H,5-16,18H2,1-4H3,(H,28,34)(H,36,37)/t21-/m0/s1. The first-order chi connectivity index (χ1) is 19.7. The predicted molar refractivity (Wildman–Crippen MR) is 153 cm³/mol. The quantitative estimate of drug-likeness (QED) is 0.316. The Balaban J connectivity index is 1.53. The second kappa shape index (κ2) is 14.3. The Morgan fingerprint density at radius 1 is 1.17 bits per heavy atom. The van der Waals surface area contributed by atoms with E-state index in [9.17, 15) is 32.7 Å². The number of hydrogen-bond acceptors (Lipinski definition) is 8. The van der Waals surface area contributed by atoms with Gasteiger partial charge in [0, 0.05) is 45.3 Å². The van der Waals surface area contributed by atoms with Crippen molar-refractivity contribution in [1.82, 2.24) is 29.6 Å². The molecule has 1 fully saturated rings. The van der Waals surface area contributed by atoms with E-state index in [1.54, 1.807) is 9.80 Å². The van der Waals surface area contributed by atoms with E-state index in [0.717, 1.165) is 19.3 Å². The van der Waals surface area contributed by atoms with Crippen LogP contribution in [0.5, 0.6) is 0 Å². The minimum Gasteiger partial charge on any atom is -0.480 e. The molecule has 0 saturated carbocycles. The molecule has 42 heavy (non-hydrogen) atoms. The molecule has 0 spiro atoms. The molecule has 3 heterocycles. The average Bonchev–Trinajstić information content (AvgIpc) is 3.28. The topological polar surface area (TPSA) is 180 Å². The summed E-state index contributed by atoms with van der Waals surface area (Å²) in [4.78, 5) is 53.5. The summed E-state index contributed by atoms with van der Waals surface area (Å²) in [6, 6.07) is -0.152. The summed E-state index contributed by atoms with van der Waals surface area (Å²) in [6.45, 7) is 9.63. The maximum atomic E-state index is 13.3. The molecule has 2 aliphatic rings. The Morgan fingerprint density at radius 3 is 2.48 bits per heavy atom. The Hall–Kier alpha value is -3.20. The number of carboxylic acids is 1. The van der Waals surface area contributed by atoms with Gasteiger partial charge in [-0.05, 0) is 58.8 Å². The van der Waals surface area contributed by atoms with E-state index in [1.165, 1.54) is 10.7 Å². The molecule has 3 amide bonds.